The Morgan fingerprint density at radius 1 is 0.429 bits per heavy atom. The van der Waals surface area contributed by atoms with Gasteiger partial charge in [-0.05, 0) is 38.5 Å². The predicted octanol–water partition coefficient (Wildman–Crippen LogP) is 4.57. The summed E-state index contributed by atoms with van der Waals surface area (Å²) in [6.45, 7) is 0. The lowest BCUT2D eigenvalue weighted by Gasteiger charge is -1.91. The highest BCUT2D eigenvalue weighted by atomic mass is 13.9. The highest BCUT2D eigenvalue weighted by Crippen LogP contribution is 2.01. The molecule has 14 heavy (non-hydrogen) atoms. The molecule has 0 fully saturated rings. The zero-order chi connectivity index (χ0) is 9.90. The first-order valence-corrected chi connectivity index (χ1v) is 5.60. The summed E-state index contributed by atoms with van der Waals surface area (Å²) in [4.78, 5) is 0. The van der Waals surface area contributed by atoms with E-state index in [1.54, 1.807) is 0 Å². The van der Waals surface area contributed by atoms with Crippen molar-refractivity contribution in [1.29, 1.82) is 0 Å². The highest BCUT2D eigenvalue weighted by Gasteiger charge is 1.81. The Morgan fingerprint density at radius 2 is 0.786 bits per heavy atom. The van der Waals surface area contributed by atoms with Crippen LogP contribution in [0.15, 0.2) is 48.6 Å². The van der Waals surface area contributed by atoms with Gasteiger partial charge in [0, 0.05) is 0 Å². The van der Waals surface area contributed by atoms with Crippen molar-refractivity contribution in [2.24, 2.45) is 0 Å². The molecule has 0 aliphatic heterocycles. The van der Waals surface area contributed by atoms with Gasteiger partial charge in [-0.1, -0.05) is 48.6 Å². The molecule has 0 aromatic carbocycles. The molecule has 0 N–H and O–H groups in total. The molecule has 1 rings (SSSR count). The third kappa shape index (κ3) is 6.47. The maximum Gasteiger partial charge on any atom is -0.0169 e. The summed E-state index contributed by atoms with van der Waals surface area (Å²) in [5.41, 5.74) is 0. The summed E-state index contributed by atoms with van der Waals surface area (Å²) in [6, 6.07) is 0. The van der Waals surface area contributed by atoms with Gasteiger partial charge in [0.1, 0.15) is 0 Å². The van der Waals surface area contributed by atoms with Crippen molar-refractivity contribution in [2.75, 3.05) is 0 Å². The molecule has 0 heteroatoms. The molecular weight excluding hydrogens is 168 g/mol. The van der Waals surface area contributed by atoms with Crippen LogP contribution < -0.4 is 0 Å². The van der Waals surface area contributed by atoms with Gasteiger partial charge < -0.3 is 0 Å². The topological polar surface area (TPSA) is 0 Å². The van der Waals surface area contributed by atoms with Gasteiger partial charge in [0.25, 0.3) is 0 Å². The maximum atomic E-state index is 2.29. The van der Waals surface area contributed by atoms with E-state index < -0.39 is 0 Å². The molecular formula is C14H20. The first-order chi connectivity index (χ1) is 7.00. The third-order valence-electron chi connectivity index (χ3n) is 2.22. The molecule has 0 aromatic rings. The van der Waals surface area contributed by atoms with E-state index >= 15 is 0 Å². The molecule has 0 spiro atoms. The third-order valence-corrected chi connectivity index (χ3v) is 2.22. The summed E-state index contributed by atoms with van der Waals surface area (Å²) in [7, 11) is 0. The van der Waals surface area contributed by atoms with Gasteiger partial charge >= 0.3 is 0 Å². The van der Waals surface area contributed by atoms with Crippen LogP contribution in [0.4, 0.5) is 0 Å². The van der Waals surface area contributed by atoms with Gasteiger partial charge in [-0.3, -0.25) is 0 Å². The van der Waals surface area contributed by atoms with Crippen LogP contribution in [0.2, 0.25) is 0 Å². The largest absolute Gasteiger partial charge is 0.0882 e. The molecule has 0 heterocycles. The second-order valence-electron chi connectivity index (χ2n) is 3.52. The lowest BCUT2D eigenvalue weighted by Crippen LogP contribution is -1.71. The van der Waals surface area contributed by atoms with Crippen LogP contribution in [0.5, 0.6) is 0 Å². The Labute approximate surface area is 87.7 Å². The van der Waals surface area contributed by atoms with E-state index in [0.717, 1.165) is 19.3 Å². The minimum absolute atomic E-state index is 1.07. The molecule has 1 aliphatic rings. The highest BCUT2D eigenvalue weighted by molar-refractivity contribution is 5.00. The number of hydrogen-bond donors (Lipinski definition) is 0. The summed E-state index contributed by atoms with van der Waals surface area (Å²) in [6.07, 6.45) is 25.0. The van der Waals surface area contributed by atoms with Crippen LogP contribution in [0.25, 0.3) is 0 Å². The molecule has 0 amide bonds. The Bertz CT molecular complexity index is 204. The summed E-state index contributed by atoms with van der Waals surface area (Å²) in [5.74, 6) is 0. The summed E-state index contributed by atoms with van der Waals surface area (Å²) < 4.78 is 0. The van der Waals surface area contributed by atoms with Crippen molar-refractivity contribution in [2.45, 2.75) is 38.5 Å². The predicted molar refractivity (Wildman–Crippen MR) is 64.3 cm³/mol. The Kier molecular flexibility index (Phi) is 6.74. The molecule has 1 aliphatic carbocycles. The van der Waals surface area contributed by atoms with Crippen LogP contribution in [0, 0.1) is 0 Å². The first-order valence-electron chi connectivity index (χ1n) is 5.60. The van der Waals surface area contributed by atoms with Crippen LogP contribution in [-0.2, 0) is 0 Å². The van der Waals surface area contributed by atoms with Crippen molar-refractivity contribution >= 4 is 0 Å². The van der Waals surface area contributed by atoms with Gasteiger partial charge in [-0.2, -0.15) is 0 Å². The average Bonchev–Trinajstić information content (AvgIpc) is 2.22. The Morgan fingerprint density at radius 3 is 1.21 bits per heavy atom. The molecule has 0 radical (unpaired) electrons. The van der Waals surface area contributed by atoms with Gasteiger partial charge in [0.15, 0.2) is 0 Å². The molecule has 76 valence electrons. The van der Waals surface area contributed by atoms with Crippen molar-refractivity contribution in [3.05, 3.63) is 48.6 Å². The minimum atomic E-state index is 1.07. The van der Waals surface area contributed by atoms with Crippen LogP contribution >= 0.6 is 0 Å². The molecule has 0 bridgehead atoms. The van der Waals surface area contributed by atoms with Gasteiger partial charge in [-0.25, -0.2) is 0 Å². The lowest BCUT2D eigenvalue weighted by atomic mass is 10.2. The van der Waals surface area contributed by atoms with Crippen molar-refractivity contribution in [1.82, 2.24) is 0 Å². The number of rotatable bonds is 0. The summed E-state index contributed by atoms with van der Waals surface area (Å²) in [5, 5.41) is 0. The maximum absolute atomic E-state index is 2.29. The van der Waals surface area contributed by atoms with Crippen LogP contribution in [-0.4, -0.2) is 0 Å². The molecule has 0 unspecified atom stereocenters. The first kappa shape index (κ1) is 11.0. The van der Waals surface area contributed by atoms with Crippen molar-refractivity contribution in [3.8, 4) is 0 Å². The smallest absolute Gasteiger partial charge is 0.0169 e. The van der Waals surface area contributed by atoms with E-state index in [1.165, 1.54) is 19.3 Å². The minimum Gasteiger partial charge on any atom is -0.0882 e. The standard InChI is InChI=1S/C14H20/c1-2-4-6-8-10-12-14-13-11-9-7-5-3-1/h1-2,5-8,11,13H,3-4,9-10,12,14H2/b2-1+,7-5+,8-6+,13-11+. The molecule has 0 nitrogen and oxygen atoms in total. The number of hydrogen-bond acceptors (Lipinski definition) is 0. The normalized spacial score (nSPS) is 28.6. The van der Waals surface area contributed by atoms with Gasteiger partial charge in [0.2, 0.25) is 0 Å². The van der Waals surface area contributed by atoms with Crippen LogP contribution in [0.1, 0.15) is 38.5 Å². The molecule has 0 atom stereocenters. The molecule has 0 saturated carbocycles. The second-order valence-corrected chi connectivity index (χ2v) is 3.52. The second kappa shape index (κ2) is 8.55. The lowest BCUT2D eigenvalue weighted by molar-refractivity contribution is 0.864. The monoisotopic (exact) mass is 188 g/mol. The Hall–Kier alpha value is -1.04. The SMILES string of the molecule is C1=C/C/C=C/CCC/C=C/C/C=C/C/1. The summed E-state index contributed by atoms with van der Waals surface area (Å²) >= 11 is 0. The van der Waals surface area contributed by atoms with E-state index in [2.05, 4.69) is 48.6 Å². The zero-order valence-corrected chi connectivity index (χ0v) is 8.86. The fourth-order valence-corrected chi connectivity index (χ4v) is 1.40. The van der Waals surface area contributed by atoms with Gasteiger partial charge in [0.05, 0.1) is 0 Å². The van der Waals surface area contributed by atoms with Crippen molar-refractivity contribution < 1.29 is 0 Å². The van der Waals surface area contributed by atoms with E-state index in [1.807, 2.05) is 0 Å². The van der Waals surface area contributed by atoms with Gasteiger partial charge in [-0.15, -0.1) is 0 Å². The van der Waals surface area contributed by atoms with E-state index in [-0.39, 0.29) is 0 Å². The average molecular weight is 188 g/mol. The van der Waals surface area contributed by atoms with E-state index in [9.17, 15) is 0 Å². The van der Waals surface area contributed by atoms with Crippen molar-refractivity contribution in [3.63, 3.8) is 0 Å². The fourth-order valence-electron chi connectivity index (χ4n) is 1.40. The Balaban J connectivity index is 2.34. The fraction of sp³-hybridized carbons (Fsp3) is 0.429. The van der Waals surface area contributed by atoms with E-state index in [4.69, 9.17) is 0 Å². The van der Waals surface area contributed by atoms with Crippen LogP contribution in [0.3, 0.4) is 0 Å². The molecule has 0 aromatic heterocycles. The zero-order valence-electron chi connectivity index (χ0n) is 8.86. The number of allylic oxidation sites excluding steroid dienone is 8. The molecule has 0 saturated heterocycles. The quantitative estimate of drug-likeness (QED) is 0.489. The van der Waals surface area contributed by atoms with E-state index in [0.29, 0.717) is 0 Å².